The summed E-state index contributed by atoms with van der Waals surface area (Å²) < 4.78 is 0. The number of hydroxylamine groups is 2. The van der Waals surface area contributed by atoms with Crippen molar-refractivity contribution in [2.24, 2.45) is 5.92 Å². The van der Waals surface area contributed by atoms with Crippen LogP contribution in [0.15, 0.2) is 24.3 Å². The highest BCUT2D eigenvalue weighted by Crippen LogP contribution is 2.35. The van der Waals surface area contributed by atoms with Gasteiger partial charge in [0.15, 0.2) is 0 Å². The highest BCUT2D eigenvalue weighted by molar-refractivity contribution is 5.89. The molecule has 7 heteroatoms. The van der Waals surface area contributed by atoms with E-state index in [1.54, 1.807) is 6.07 Å². The topological polar surface area (TPSA) is 84.7 Å². The molecule has 0 bridgehead atoms. The predicted molar refractivity (Wildman–Crippen MR) is 73.1 cm³/mol. The van der Waals surface area contributed by atoms with Crippen molar-refractivity contribution in [3.63, 3.8) is 0 Å². The number of nitrogens with one attached hydrogen (secondary N) is 1. The lowest BCUT2D eigenvalue weighted by molar-refractivity contribution is -0.384. The summed E-state index contributed by atoms with van der Waals surface area (Å²) in [7, 11) is 1.44. The first kappa shape index (κ1) is 14.3. The third-order valence-electron chi connectivity index (χ3n) is 3.38. The van der Waals surface area contributed by atoms with Gasteiger partial charge in [-0.1, -0.05) is 6.07 Å². The number of amides is 2. The Kier molecular flexibility index (Phi) is 4.19. The van der Waals surface area contributed by atoms with Gasteiger partial charge in [0.1, 0.15) is 0 Å². The smallest absolute Gasteiger partial charge is 0.306 e. The van der Waals surface area contributed by atoms with Crippen molar-refractivity contribution in [2.45, 2.75) is 25.8 Å². The number of nitro benzene ring substituents is 1. The maximum Gasteiger partial charge on any atom is 0.346 e. The number of carbonyl (C=O) groups is 1. The van der Waals surface area contributed by atoms with Crippen LogP contribution in [0.5, 0.6) is 0 Å². The van der Waals surface area contributed by atoms with Crippen molar-refractivity contribution in [3.8, 4) is 0 Å². The van der Waals surface area contributed by atoms with Crippen LogP contribution in [0.25, 0.3) is 0 Å². The number of rotatable bonds is 5. The highest BCUT2D eigenvalue weighted by Gasteiger charge is 2.35. The van der Waals surface area contributed by atoms with Crippen LogP contribution in [-0.2, 0) is 4.84 Å². The minimum atomic E-state index is -0.503. The Morgan fingerprint density at radius 3 is 2.80 bits per heavy atom. The van der Waals surface area contributed by atoms with Crippen LogP contribution < -0.4 is 5.32 Å². The van der Waals surface area contributed by atoms with Crippen LogP contribution in [-0.4, -0.2) is 29.2 Å². The van der Waals surface area contributed by atoms with Crippen molar-refractivity contribution in [3.05, 3.63) is 34.4 Å². The first-order valence-electron chi connectivity index (χ1n) is 6.41. The van der Waals surface area contributed by atoms with Crippen LogP contribution in [0.3, 0.4) is 0 Å². The van der Waals surface area contributed by atoms with Crippen LogP contribution in [0.2, 0.25) is 0 Å². The third kappa shape index (κ3) is 3.24. The molecule has 1 aliphatic carbocycles. The second-order valence-corrected chi connectivity index (χ2v) is 4.82. The molecule has 0 aromatic heterocycles. The van der Waals surface area contributed by atoms with Crippen molar-refractivity contribution in [1.29, 1.82) is 0 Å². The molecule has 0 saturated heterocycles. The SMILES string of the molecule is CON(C(=O)Nc1cccc([N+](=O)[O-])c1)C(C)C1CC1. The molecular weight excluding hydrogens is 262 g/mol. The van der Waals surface area contributed by atoms with E-state index in [9.17, 15) is 14.9 Å². The van der Waals surface area contributed by atoms with Crippen molar-refractivity contribution in [2.75, 3.05) is 12.4 Å². The highest BCUT2D eigenvalue weighted by atomic mass is 16.7. The summed E-state index contributed by atoms with van der Waals surface area (Å²) in [5.41, 5.74) is 0.302. The van der Waals surface area contributed by atoms with E-state index in [2.05, 4.69) is 5.32 Å². The summed E-state index contributed by atoms with van der Waals surface area (Å²) in [6, 6.07) is 5.37. The average molecular weight is 279 g/mol. The lowest BCUT2D eigenvalue weighted by Gasteiger charge is -2.26. The molecule has 0 aliphatic heterocycles. The normalized spacial score (nSPS) is 15.5. The average Bonchev–Trinajstić information content (AvgIpc) is 3.23. The molecule has 1 aliphatic rings. The molecule has 0 radical (unpaired) electrons. The van der Waals surface area contributed by atoms with Gasteiger partial charge in [-0.05, 0) is 31.7 Å². The second kappa shape index (κ2) is 5.87. The van der Waals surface area contributed by atoms with Crippen LogP contribution in [0.1, 0.15) is 19.8 Å². The van der Waals surface area contributed by atoms with Gasteiger partial charge in [0.05, 0.1) is 18.1 Å². The van der Waals surface area contributed by atoms with Gasteiger partial charge in [-0.3, -0.25) is 15.0 Å². The summed E-state index contributed by atoms with van der Waals surface area (Å²) in [5, 5.41) is 14.6. The molecule has 0 heterocycles. The second-order valence-electron chi connectivity index (χ2n) is 4.82. The standard InChI is InChI=1S/C13H17N3O4/c1-9(10-6-7-10)15(20-2)13(17)14-11-4-3-5-12(8-11)16(18)19/h3-5,8-10H,6-7H2,1-2H3,(H,14,17). The largest absolute Gasteiger partial charge is 0.346 e. The van der Waals surface area contributed by atoms with Crippen molar-refractivity contribution >= 4 is 17.4 Å². The Morgan fingerprint density at radius 2 is 2.25 bits per heavy atom. The number of nitro groups is 1. The first-order valence-corrected chi connectivity index (χ1v) is 6.41. The molecule has 2 rings (SSSR count). The minimum Gasteiger partial charge on any atom is -0.306 e. The Bertz CT molecular complexity index is 516. The molecule has 1 fully saturated rings. The van der Waals surface area contributed by atoms with Crippen LogP contribution in [0, 0.1) is 16.0 Å². The molecular formula is C13H17N3O4. The lowest BCUT2D eigenvalue weighted by Crippen LogP contribution is -2.41. The fourth-order valence-corrected chi connectivity index (χ4v) is 2.08. The first-order chi connectivity index (χ1) is 9.52. The Hall–Kier alpha value is -2.15. The van der Waals surface area contributed by atoms with Gasteiger partial charge in [-0.2, -0.15) is 0 Å². The molecule has 7 nitrogen and oxygen atoms in total. The third-order valence-corrected chi connectivity index (χ3v) is 3.38. The van der Waals surface area contributed by atoms with Gasteiger partial charge in [0.25, 0.3) is 5.69 Å². The number of carbonyl (C=O) groups excluding carboxylic acids is 1. The zero-order valence-electron chi connectivity index (χ0n) is 11.4. The van der Waals surface area contributed by atoms with E-state index in [4.69, 9.17) is 4.84 Å². The van der Waals surface area contributed by atoms with Gasteiger partial charge >= 0.3 is 6.03 Å². The number of anilines is 1. The number of urea groups is 1. The maximum atomic E-state index is 12.1. The summed E-state index contributed by atoms with van der Waals surface area (Å²) in [6.07, 6.45) is 2.18. The molecule has 1 aromatic rings. The van der Waals surface area contributed by atoms with E-state index in [-0.39, 0.29) is 11.7 Å². The fraction of sp³-hybridized carbons (Fsp3) is 0.462. The molecule has 20 heavy (non-hydrogen) atoms. The van der Waals surface area contributed by atoms with Gasteiger partial charge in [-0.15, -0.1) is 0 Å². The summed E-state index contributed by atoms with van der Waals surface area (Å²) in [5.74, 6) is 0.464. The summed E-state index contributed by atoms with van der Waals surface area (Å²) >= 11 is 0. The maximum absolute atomic E-state index is 12.1. The number of hydrogen-bond donors (Lipinski definition) is 1. The molecule has 1 atom stereocenters. The number of nitrogens with zero attached hydrogens (tertiary/aromatic N) is 2. The van der Waals surface area contributed by atoms with Crippen molar-refractivity contribution in [1.82, 2.24) is 5.06 Å². The Balaban J connectivity index is 2.05. The van der Waals surface area contributed by atoms with E-state index in [1.165, 1.54) is 30.4 Å². The van der Waals surface area contributed by atoms with Crippen LogP contribution >= 0.6 is 0 Å². The molecule has 1 aromatic carbocycles. The van der Waals surface area contributed by atoms with Gasteiger partial charge in [0.2, 0.25) is 0 Å². The molecule has 1 saturated carbocycles. The Morgan fingerprint density at radius 1 is 1.55 bits per heavy atom. The van der Waals surface area contributed by atoms with E-state index < -0.39 is 11.0 Å². The molecule has 1 unspecified atom stereocenters. The number of non-ortho nitro benzene ring substituents is 1. The fourth-order valence-electron chi connectivity index (χ4n) is 2.08. The summed E-state index contributed by atoms with van der Waals surface area (Å²) in [6.45, 7) is 1.92. The van der Waals surface area contributed by atoms with Gasteiger partial charge < -0.3 is 5.32 Å². The molecule has 2 amide bonds. The number of hydrogen-bond acceptors (Lipinski definition) is 4. The lowest BCUT2D eigenvalue weighted by atomic mass is 10.2. The zero-order valence-corrected chi connectivity index (χ0v) is 11.4. The Labute approximate surface area is 116 Å². The van der Waals surface area contributed by atoms with Gasteiger partial charge in [0, 0.05) is 17.8 Å². The number of benzene rings is 1. The predicted octanol–water partition coefficient (Wildman–Crippen LogP) is 2.79. The molecule has 108 valence electrons. The minimum absolute atomic E-state index is 0.0151. The molecule has 0 spiro atoms. The molecule has 1 N–H and O–H groups in total. The van der Waals surface area contributed by atoms with E-state index in [0.717, 1.165) is 12.8 Å². The van der Waals surface area contributed by atoms with E-state index in [0.29, 0.717) is 11.6 Å². The van der Waals surface area contributed by atoms with Crippen molar-refractivity contribution < 1.29 is 14.6 Å². The van der Waals surface area contributed by atoms with Crippen LogP contribution in [0.4, 0.5) is 16.2 Å². The van der Waals surface area contributed by atoms with Gasteiger partial charge in [-0.25, -0.2) is 9.86 Å². The quantitative estimate of drug-likeness (QED) is 0.663. The summed E-state index contributed by atoms with van der Waals surface area (Å²) in [4.78, 5) is 27.4. The van der Waals surface area contributed by atoms with E-state index >= 15 is 0 Å². The monoisotopic (exact) mass is 279 g/mol. The zero-order chi connectivity index (χ0) is 14.7. The van der Waals surface area contributed by atoms with E-state index in [1.807, 2.05) is 6.92 Å².